The van der Waals surface area contributed by atoms with Gasteiger partial charge in [-0.25, -0.2) is 17.9 Å². The topological polar surface area (TPSA) is 119 Å². The minimum Gasteiger partial charge on any atom is -0.493 e. The highest BCUT2D eigenvalue weighted by Crippen LogP contribution is 2.31. The average Bonchev–Trinajstić information content (AvgIpc) is 3.08. The predicted molar refractivity (Wildman–Crippen MR) is 121 cm³/mol. The quantitative estimate of drug-likeness (QED) is 0.488. The lowest BCUT2D eigenvalue weighted by atomic mass is 10.2. The van der Waals surface area contributed by atoms with Crippen LogP contribution in [0.5, 0.6) is 5.75 Å². The van der Waals surface area contributed by atoms with Gasteiger partial charge in [-0.1, -0.05) is 6.92 Å². The van der Waals surface area contributed by atoms with Crippen LogP contribution in [0.4, 0.5) is 0 Å². The maximum absolute atomic E-state index is 13.0. The molecule has 0 saturated heterocycles. The number of aryl methyl sites for hydroxylation is 2. The highest BCUT2D eigenvalue weighted by atomic mass is 32.2. The molecule has 3 rings (SSSR count). The number of sulfonamides is 1. The van der Waals surface area contributed by atoms with Crippen molar-refractivity contribution < 1.29 is 17.9 Å². The maximum Gasteiger partial charge on any atom is 0.277 e. The van der Waals surface area contributed by atoms with E-state index in [-0.39, 0.29) is 29.4 Å². The van der Waals surface area contributed by atoms with Gasteiger partial charge in [0.15, 0.2) is 11.3 Å². The summed E-state index contributed by atoms with van der Waals surface area (Å²) in [5.74, 6) is 1.30. The average molecular weight is 464 g/mol. The summed E-state index contributed by atoms with van der Waals surface area (Å²) >= 11 is 0. The van der Waals surface area contributed by atoms with Crippen LogP contribution in [0, 0.1) is 6.92 Å². The van der Waals surface area contributed by atoms with Crippen molar-refractivity contribution in [1.29, 1.82) is 0 Å². The Hall–Kier alpha value is -2.76. The molecule has 0 bridgehead atoms. The zero-order chi connectivity index (χ0) is 23.5. The monoisotopic (exact) mass is 463 g/mol. The van der Waals surface area contributed by atoms with E-state index >= 15 is 0 Å². The zero-order valence-electron chi connectivity index (χ0n) is 19.0. The maximum atomic E-state index is 13.0. The summed E-state index contributed by atoms with van der Waals surface area (Å²) in [6, 6.07) is 4.52. The van der Waals surface area contributed by atoms with E-state index < -0.39 is 10.0 Å². The molecule has 0 unspecified atom stereocenters. The fourth-order valence-electron chi connectivity index (χ4n) is 3.40. The van der Waals surface area contributed by atoms with E-state index in [4.69, 9.17) is 9.47 Å². The Morgan fingerprint density at radius 3 is 2.66 bits per heavy atom. The molecule has 0 spiro atoms. The Bertz CT molecular complexity index is 1270. The SMILES string of the molecule is CCCc1nc(C)c2c(=O)[nH]c(-c3cc(S(=O)(=O)N(C)CCOC)ccc3OCC)nn12. The summed E-state index contributed by atoms with van der Waals surface area (Å²) in [4.78, 5) is 20.2. The van der Waals surface area contributed by atoms with Gasteiger partial charge in [0.05, 0.1) is 29.4 Å². The molecule has 32 heavy (non-hydrogen) atoms. The first-order valence-electron chi connectivity index (χ1n) is 10.5. The van der Waals surface area contributed by atoms with E-state index in [9.17, 15) is 13.2 Å². The summed E-state index contributed by atoms with van der Waals surface area (Å²) < 4.78 is 39.5. The van der Waals surface area contributed by atoms with Crippen molar-refractivity contribution in [3.63, 3.8) is 0 Å². The number of hydrogen-bond donors (Lipinski definition) is 1. The fourth-order valence-corrected chi connectivity index (χ4v) is 4.58. The molecule has 0 aliphatic carbocycles. The van der Waals surface area contributed by atoms with Crippen LogP contribution >= 0.6 is 0 Å². The van der Waals surface area contributed by atoms with Crippen molar-refractivity contribution in [2.75, 3.05) is 33.9 Å². The van der Waals surface area contributed by atoms with Gasteiger partial charge in [0.1, 0.15) is 11.6 Å². The number of H-pyrrole nitrogens is 1. The third-order valence-electron chi connectivity index (χ3n) is 5.04. The highest BCUT2D eigenvalue weighted by Gasteiger charge is 2.24. The van der Waals surface area contributed by atoms with Gasteiger partial charge in [-0.15, -0.1) is 5.10 Å². The smallest absolute Gasteiger partial charge is 0.277 e. The highest BCUT2D eigenvalue weighted by molar-refractivity contribution is 7.89. The minimum atomic E-state index is -3.78. The number of ether oxygens (including phenoxy) is 2. The van der Waals surface area contributed by atoms with Crippen LogP contribution < -0.4 is 10.3 Å². The Morgan fingerprint density at radius 1 is 1.25 bits per heavy atom. The van der Waals surface area contributed by atoms with Gasteiger partial charge in [0, 0.05) is 27.1 Å². The van der Waals surface area contributed by atoms with E-state index in [2.05, 4.69) is 15.1 Å². The number of nitrogens with zero attached hydrogens (tertiary/aromatic N) is 4. The molecule has 1 aromatic carbocycles. The number of nitrogens with one attached hydrogen (secondary N) is 1. The summed E-state index contributed by atoms with van der Waals surface area (Å²) in [5, 5.41) is 4.60. The van der Waals surface area contributed by atoms with Crippen LogP contribution in [0.15, 0.2) is 27.9 Å². The number of methoxy groups -OCH3 is 1. The number of benzene rings is 1. The van der Waals surface area contributed by atoms with E-state index in [0.29, 0.717) is 41.4 Å². The molecule has 11 heteroatoms. The van der Waals surface area contributed by atoms with Crippen LogP contribution in [-0.2, 0) is 21.2 Å². The summed E-state index contributed by atoms with van der Waals surface area (Å²) in [5.41, 5.74) is 0.990. The number of aromatic amines is 1. The van der Waals surface area contributed by atoms with E-state index in [0.717, 1.165) is 6.42 Å². The summed E-state index contributed by atoms with van der Waals surface area (Å²) in [6.07, 6.45) is 1.50. The van der Waals surface area contributed by atoms with Crippen molar-refractivity contribution >= 4 is 15.5 Å². The number of aromatic nitrogens is 4. The van der Waals surface area contributed by atoms with Crippen molar-refractivity contribution in [2.24, 2.45) is 0 Å². The van der Waals surface area contributed by atoms with E-state index in [1.807, 2.05) is 13.8 Å². The number of hydrogen-bond acceptors (Lipinski definition) is 7. The molecule has 0 aliphatic heterocycles. The lowest BCUT2D eigenvalue weighted by molar-refractivity contribution is 0.185. The predicted octanol–water partition coefficient (Wildman–Crippen LogP) is 2.01. The lowest BCUT2D eigenvalue weighted by Crippen LogP contribution is -2.30. The molecule has 1 N–H and O–H groups in total. The zero-order valence-corrected chi connectivity index (χ0v) is 19.8. The van der Waals surface area contributed by atoms with Gasteiger partial charge >= 0.3 is 0 Å². The second kappa shape index (κ2) is 9.80. The molecule has 3 aromatic rings. The molecule has 0 atom stereocenters. The third kappa shape index (κ3) is 4.54. The molecular weight excluding hydrogens is 434 g/mol. The van der Waals surface area contributed by atoms with Gasteiger partial charge in [-0.3, -0.25) is 4.79 Å². The van der Waals surface area contributed by atoms with Gasteiger partial charge in [-0.2, -0.15) is 4.31 Å². The Kier molecular flexibility index (Phi) is 7.32. The standard InChI is InChI=1S/C21H29N5O5S/c1-6-8-18-22-14(3)19-21(27)23-20(24-26(18)19)16-13-15(9-10-17(16)31-7-2)32(28,29)25(4)11-12-30-5/h9-10,13H,6-8,11-12H2,1-5H3,(H,23,24,27). The van der Waals surface area contributed by atoms with Crippen LogP contribution in [0.1, 0.15) is 31.8 Å². The van der Waals surface area contributed by atoms with Crippen LogP contribution in [0.2, 0.25) is 0 Å². The van der Waals surface area contributed by atoms with Gasteiger partial charge < -0.3 is 14.5 Å². The number of likely N-dealkylation sites (N-methyl/N-ethyl adjacent to an activating group) is 1. The number of imidazole rings is 1. The molecule has 0 saturated carbocycles. The first-order valence-corrected chi connectivity index (χ1v) is 11.9. The lowest BCUT2D eigenvalue weighted by Gasteiger charge is -2.18. The molecule has 2 aromatic heterocycles. The molecule has 0 aliphatic rings. The van der Waals surface area contributed by atoms with E-state index in [1.165, 1.54) is 35.1 Å². The summed E-state index contributed by atoms with van der Waals surface area (Å²) in [6.45, 7) is 6.45. The van der Waals surface area contributed by atoms with Crippen molar-refractivity contribution in [3.05, 3.63) is 40.1 Å². The van der Waals surface area contributed by atoms with Gasteiger partial charge in [0.25, 0.3) is 5.56 Å². The normalized spacial score (nSPS) is 12.1. The second-order valence-electron chi connectivity index (χ2n) is 7.34. The molecule has 0 fully saturated rings. The first-order chi connectivity index (χ1) is 15.2. The Balaban J connectivity index is 2.20. The van der Waals surface area contributed by atoms with E-state index in [1.54, 1.807) is 13.0 Å². The van der Waals surface area contributed by atoms with Crippen molar-refractivity contribution in [3.8, 4) is 17.1 Å². The van der Waals surface area contributed by atoms with Crippen molar-refractivity contribution in [1.82, 2.24) is 23.9 Å². The third-order valence-corrected chi connectivity index (χ3v) is 6.89. The van der Waals surface area contributed by atoms with Gasteiger partial charge in [-0.05, 0) is 38.5 Å². The van der Waals surface area contributed by atoms with Crippen LogP contribution in [0.25, 0.3) is 16.9 Å². The Morgan fingerprint density at radius 2 is 2.00 bits per heavy atom. The second-order valence-corrected chi connectivity index (χ2v) is 9.38. The Labute approximate surface area is 187 Å². The molecule has 174 valence electrons. The minimum absolute atomic E-state index is 0.0629. The van der Waals surface area contributed by atoms with Crippen molar-refractivity contribution in [2.45, 2.75) is 38.5 Å². The molecule has 2 heterocycles. The van der Waals surface area contributed by atoms with Crippen LogP contribution in [-0.4, -0.2) is 66.2 Å². The fraction of sp³-hybridized carbons (Fsp3) is 0.476. The molecule has 0 radical (unpaired) electrons. The number of rotatable bonds is 10. The summed E-state index contributed by atoms with van der Waals surface area (Å²) in [7, 11) is -0.780. The van der Waals surface area contributed by atoms with Gasteiger partial charge in [0.2, 0.25) is 10.0 Å². The largest absolute Gasteiger partial charge is 0.493 e. The molecule has 0 amide bonds. The first kappa shape index (κ1) is 23.9. The molecular formula is C21H29N5O5S. The van der Waals surface area contributed by atoms with Crippen LogP contribution in [0.3, 0.4) is 0 Å². The number of fused-ring (bicyclic) bond motifs is 1. The molecule has 10 nitrogen and oxygen atoms in total.